The summed E-state index contributed by atoms with van der Waals surface area (Å²) in [7, 11) is 1.66. The number of nitrogens with zero attached hydrogens (tertiary/aromatic N) is 4. The fraction of sp³-hybridized carbons (Fsp3) is 0.500. The van der Waals surface area contributed by atoms with Crippen molar-refractivity contribution in [2.45, 2.75) is 34.6 Å². The van der Waals surface area contributed by atoms with E-state index in [1.807, 2.05) is 33.8 Å². The molecule has 1 fully saturated rings. The lowest BCUT2D eigenvalue weighted by molar-refractivity contribution is -0.122. The molecule has 0 radical (unpaired) electrons. The molecule has 2 heterocycles. The van der Waals surface area contributed by atoms with Crippen LogP contribution in [0.25, 0.3) is 6.08 Å². The molecule has 1 aromatic rings. The highest BCUT2D eigenvalue weighted by molar-refractivity contribution is 8.26. The van der Waals surface area contributed by atoms with Crippen molar-refractivity contribution < 1.29 is 4.79 Å². The van der Waals surface area contributed by atoms with Crippen molar-refractivity contribution in [2.24, 2.45) is 13.0 Å². The molecule has 150 valence electrons. The lowest BCUT2D eigenvalue weighted by Gasteiger charge is -2.27. The van der Waals surface area contributed by atoms with Crippen LogP contribution in [-0.2, 0) is 11.8 Å². The highest BCUT2D eigenvalue weighted by Gasteiger charge is 2.33. The molecule has 6 nitrogen and oxygen atoms in total. The Hall–Kier alpha value is -2.11. The molecule has 0 N–H and O–H groups in total. The predicted molar refractivity (Wildman–Crippen MR) is 119 cm³/mol. The first-order valence-electron chi connectivity index (χ1n) is 9.31. The normalized spacial score (nSPS) is 15.6. The molecule has 1 aliphatic rings. The van der Waals surface area contributed by atoms with Crippen LogP contribution in [0.3, 0.4) is 0 Å². The summed E-state index contributed by atoms with van der Waals surface area (Å²) in [5.41, 5.74) is 1.07. The largest absolute Gasteiger partial charge is 0.358 e. The van der Waals surface area contributed by atoms with E-state index in [9.17, 15) is 14.9 Å². The number of carbonyl (C=O) groups excluding carboxylic acids is 1. The minimum atomic E-state index is -0.327. The maximum Gasteiger partial charge on any atom is 0.270 e. The maximum absolute atomic E-state index is 12.9. The zero-order valence-corrected chi connectivity index (χ0v) is 18.8. The van der Waals surface area contributed by atoms with Gasteiger partial charge in [0.1, 0.15) is 21.8 Å². The van der Waals surface area contributed by atoms with Crippen LogP contribution in [0.4, 0.5) is 5.82 Å². The highest BCUT2D eigenvalue weighted by Crippen LogP contribution is 2.35. The van der Waals surface area contributed by atoms with Crippen LogP contribution in [0.1, 0.15) is 44.4 Å². The van der Waals surface area contributed by atoms with Gasteiger partial charge < -0.3 is 4.90 Å². The van der Waals surface area contributed by atoms with Crippen molar-refractivity contribution in [3.63, 3.8) is 0 Å². The molecule has 2 rings (SSSR count). The van der Waals surface area contributed by atoms with Crippen molar-refractivity contribution in [2.75, 3.05) is 24.5 Å². The van der Waals surface area contributed by atoms with Gasteiger partial charge in [-0.3, -0.25) is 19.1 Å². The van der Waals surface area contributed by atoms with Crippen LogP contribution in [-0.4, -0.2) is 39.3 Å². The summed E-state index contributed by atoms with van der Waals surface area (Å²) < 4.78 is 2.04. The zero-order chi connectivity index (χ0) is 21.2. The standard InChI is InChI=1S/C20H26N4O2S2/c1-7-23(8-2)17-14(13(5)15(10-21)18(25)22(17)6)9-16-19(26)24(11-12(3)4)20(27)28-16/h9,12H,7-8,11H2,1-6H3/b16-9-. The lowest BCUT2D eigenvalue weighted by atomic mass is 10.0. The van der Waals surface area contributed by atoms with E-state index in [1.54, 1.807) is 24.9 Å². The van der Waals surface area contributed by atoms with Crippen LogP contribution < -0.4 is 10.5 Å². The van der Waals surface area contributed by atoms with E-state index < -0.39 is 0 Å². The third kappa shape index (κ3) is 4.01. The number of thioether (sulfide) groups is 1. The van der Waals surface area contributed by atoms with Crippen LogP contribution >= 0.6 is 24.0 Å². The number of carbonyl (C=O) groups is 1. The third-order valence-electron chi connectivity index (χ3n) is 4.73. The molecule has 28 heavy (non-hydrogen) atoms. The van der Waals surface area contributed by atoms with Crippen molar-refractivity contribution in [3.8, 4) is 6.07 Å². The van der Waals surface area contributed by atoms with Gasteiger partial charge in [0.05, 0.1) is 4.91 Å². The fourth-order valence-corrected chi connectivity index (χ4v) is 4.53. The number of thiocarbonyl (C=S) groups is 1. The molecule has 0 aliphatic carbocycles. The Morgan fingerprint density at radius 3 is 2.39 bits per heavy atom. The molecule has 0 bridgehead atoms. The summed E-state index contributed by atoms with van der Waals surface area (Å²) >= 11 is 6.66. The lowest BCUT2D eigenvalue weighted by Crippen LogP contribution is -2.33. The van der Waals surface area contributed by atoms with Gasteiger partial charge in [0.2, 0.25) is 0 Å². The number of hydrogen-bond acceptors (Lipinski definition) is 6. The number of amides is 1. The number of pyridine rings is 1. The summed E-state index contributed by atoms with van der Waals surface area (Å²) in [5.74, 6) is 0.888. The van der Waals surface area contributed by atoms with Gasteiger partial charge in [-0.05, 0) is 38.3 Å². The molecule has 1 amide bonds. The highest BCUT2D eigenvalue weighted by atomic mass is 32.2. The maximum atomic E-state index is 12.9. The van der Waals surface area contributed by atoms with Crippen LogP contribution in [0.15, 0.2) is 9.70 Å². The second-order valence-corrected chi connectivity index (χ2v) is 8.75. The summed E-state index contributed by atoms with van der Waals surface area (Å²) in [5, 5.41) is 9.49. The summed E-state index contributed by atoms with van der Waals surface area (Å²) in [6.07, 6.45) is 1.78. The van der Waals surface area contributed by atoms with Gasteiger partial charge in [-0.15, -0.1) is 0 Å². The topological polar surface area (TPSA) is 69.3 Å². The number of nitriles is 1. The average molecular weight is 419 g/mol. The summed E-state index contributed by atoms with van der Waals surface area (Å²) in [4.78, 5) is 29.7. The Bertz CT molecular complexity index is 937. The summed E-state index contributed by atoms with van der Waals surface area (Å²) in [6.45, 7) is 11.8. The Balaban J connectivity index is 2.71. The first kappa shape index (κ1) is 22.2. The molecule has 0 aromatic carbocycles. The Labute approximate surface area is 175 Å². The molecule has 0 atom stereocenters. The van der Waals surface area contributed by atoms with Gasteiger partial charge in [-0.1, -0.05) is 37.8 Å². The van der Waals surface area contributed by atoms with Gasteiger partial charge in [-0.2, -0.15) is 5.26 Å². The molecule has 0 spiro atoms. The van der Waals surface area contributed by atoms with E-state index >= 15 is 0 Å². The molecule has 1 saturated heterocycles. The quantitative estimate of drug-likeness (QED) is 0.522. The number of aromatic nitrogens is 1. The van der Waals surface area contributed by atoms with Gasteiger partial charge in [-0.25, -0.2) is 0 Å². The van der Waals surface area contributed by atoms with E-state index in [0.717, 1.165) is 0 Å². The first-order chi connectivity index (χ1) is 13.2. The van der Waals surface area contributed by atoms with E-state index in [-0.39, 0.29) is 17.0 Å². The van der Waals surface area contributed by atoms with Crippen molar-refractivity contribution >= 4 is 46.1 Å². The second kappa shape index (κ2) is 8.93. The van der Waals surface area contributed by atoms with E-state index in [1.165, 1.54) is 16.3 Å². The minimum Gasteiger partial charge on any atom is -0.358 e. The number of anilines is 1. The van der Waals surface area contributed by atoms with Gasteiger partial charge in [0, 0.05) is 32.2 Å². The SMILES string of the molecule is CCN(CC)c1c(/C=C2\SC(=S)N(CC(C)C)C2=O)c(C)c(C#N)c(=O)n1C. The zero-order valence-electron chi connectivity index (χ0n) is 17.2. The minimum absolute atomic E-state index is 0.0994. The molecular formula is C20H26N4O2S2. The smallest absolute Gasteiger partial charge is 0.270 e. The van der Waals surface area contributed by atoms with E-state index in [2.05, 4.69) is 4.90 Å². The molecular weight excluding hydrogens is 392 g/mol. The predicted octanol–water partition coefficient (Wildman–Crippen LogP) is 3.27. The summed E-state index contributed by atoms with van der Waals surface area (Å²) in [6, 6.07) is 2.02. The molecule has 0 saturated carbocycles. The van der Waals surface area contributed by atoms with Gasteiger partial charge in [0.15, 0.2) is 0 Å². The van der Waals surface area contributed by atoms with Gasteiger partial charge in [0.25, 0.3) is 11.5 Å². The van der Waals surface area contributed by atoms with Crippen molar-refractivity contribution in [3.05, 3.63) is 31.9 Å². The number of rotatable bonds is 6. The van der Waals surface area contributed by atoms with E-state index in [4.69, 9.17) is 12.2 Å². The molecule has 8 heteroatoms. The third-order valence-corrected chi connectivity index (χ3v) is 6.11. The average Bonchev–Trinajstić information content (AvgIpc) is 2.90. The van der Waals surface area contributed by atoms with Crippen LogP contribution in [0.5, 0.6) is 0 Å². The molecule has 1 aromatic heterocycles. The van der Waals surface area contributed by atoms with Crippen LogP contribution in [0, 0.1) is 24.2 Å². The van der Waals surface area contributed by atoms with Gasteiger partial charge >= 0.3 is 0 Å². The second-order valence-electron chi connectivity index (χ2n) is 7.07. The van der Waals surface area contributed by atoms with Crippen LogP contribution in [0.2, 0.25) is 0 Å². The first-order valence-corrected chi connectivity index (χ1v) is 10.5. The fourth-order valence-electron chi connectivity index (χ4n) is 3.27. The number of hydrogen-bond donors (Lipinski definition) is 0. The van der Waals surface area contributed by atoms with Crippen molar-refractivity contribution in [1.29, 1.82) is 5.26 Å². The van der Waals surface area contributed by atoms with Crippen molar-refractivity contribution in [1.82, 2.24) is 9.47 Å². The molecule has 0 unspecified atom stereocenters. The monoisotopic (exact) mass is 418 g/mol. The Morgan fingerprint density at radius 2 is 1.89 bits per heavy atom. The Morgan fingerprint density at radius 1 is 1.29 bits per heavy atom. The molecule has 1 aliphatic heterocycles. The van der Waals surface area contributed by atoms with E-state index in [0.29, 0.717) is 51.7 Å². The Kier molecular flexibility index (Phi) is 7.07.